The molecule has 0 radical (unpaired) electrons. The Morgan fingerprint density at radius 2 is 2.31 bits per heavy atom. The summed E-state index contributed by atoms with van der Waals surface area (Å²) in [7, 11) is 2.22. The Kier molecular flexibility index (Phi) is 3.61. The molecule has 0 amide bonds. The molecule has 0 aliphatic carbocycles. The molecule has 1 aliphatic heterocycles. The molecule has 0 bridgehead atoms. The molecule has 1 fully saturated rings. The number of aromatic nitrogens is 2. The van der Waals surface area contributed by atoms with E-state index in [0.717, 1.165) is 18.8 Å². The van der Waals surface area contributed by atoms with Gasteiger partial charge in [-0.2, -0.15) is 5.10 Å². The van der Waals surface area contributed by atoms with E-state index >= 15 is 0 Å². The zero-order valence-corrected chi connectivity index (χ0v) is 10.5. The van der Waals surface area contributed by atoms with Crippen molar-refractivity contribution in [2.45, 2.75) is 39.3 Å². The Labute approximate surface area is 97.4 Å². The van der Waals surface area contributed by atoms with E-state index in [1.54, 1.807) is 0 Å². The SMILES string of the molecule is Cc1n[nH]c(C)c1CNCC1CCCN1C. The van der Waals surface area contributed by atoms with Crippen molar-refractivity contribution >= 4 is 0 Å². The van der Waals surface area contributed by atoms with Crippen LogP contribution in [-0.2, 0) is 6.54 Å². The van der Waals surface area contributed by atoms with Crippen molar-refractivity contribution in [3.63, 3.8) is 0 Å². The average Bonchev–Trinajstić information content (AvgIpc) is 2.79. The summed E-state index contributed by atoms with van der Waals surface area (Å²) in [6.45, 7) is 7.40. The van der Waals surface area contributed by atoms with E-state index < -0.39 is 0 Å². The molecule has 1 aromatic heterocycles. The maximum absolute atomic E-state index is 4.21. The second kappa shape index (κ2) is 4.97. The fourth-order valence-electron chi connectivity index (χ4n) is 2.44. The van der Waals surface area contributed by atoms with Gasteiger partial charge in [0.05, 0.1) is 5.69 Å². The van der Waals surface area contributed by atoms with Crippen molar-refractivity contribution in [3.8, 4) is 0 Å². The zero-order chi connectivity index (χ0) is 11.5. The molecule has 4 heteroatoms. The first-order chi connectivity index (χ1) is 7.68. The van der Waals surface area contributed by atoms with E-state index in [0.29, 0.717) is 6.04 Å². The topological polar surface area (TPSA) is 44.0 Å². The van der Waals surface area contributed by atoms with Gasteiger partial charge in [-0.05, 0) is 40.3 Å². The summed E-state index contributed by atoms with van der Waals surface area (Å²) in [5.41, 5.74) is 3.62. The van der Waals surface area contributed by atoms with Gasteiger partial charge in [0, 0.05) is 30.4 Å². The predicted octanol–water partition coefficient (Wildman–Crippen LogP) is 1.21. The number of aryl methyl sites for hydroxylation is 2. The van der Waals surface area contributed by atoms with E-state index in [-0.39, 0.29) is 0 Å². The number of hydrogen-bond acceptors (Lipinski definition) is 3. The second-order valence-corrected chi connectivity index (χ2v) is 4.82. The minimum Gasteiger partial charge on any atom is -0.311 e. The van der Waals surface area contributed by atoms with Crippen LogP contribution in [0.3, 0.4) is 0 Å². The lowest BCUT2D eigenvalue weighted by Gasteiger charge is -2.19. The number of H-pyrrole nitrogens is 1. The summed E-state index contributed by atoms with van der Waals surface area (Å²) in [6.07, 6.45) is 2.67. The maximum atomic E-state index is 4.21. The molecule has 16 heavy (non-hydrogen) atoms. The van der Waals surface area contributed by atoms with Crippen molar-refractivity contribution < 1.29 is 0 Å². The summed E-state index contributed by atoms with van der Waals surface area (Å²) in [5, 5.41) is 10.8. The number of hydrogen-bond donors (Lipinski definition) is 2. The van der Waals surface area contributed by atoms with Crippen LogP contribution in [-0.4, -0.2) is 41.3 Å². The molecule has 1 saturated heterocycles. The summed E-state index contributed by atoms with van der Waals surface area (Å²) in [4.78, 5) is 2.45. The molecular weight excluding hydrogens is 200 g/mol. The minimum absolute atomic E-state index is 0.715. The monoisotopic (exact) mass is 222 g/mol. The van der Waals surface area contributed by atoms with E-state index in [9.17, 15) is 0 Å². The number of nitrogens with one attached hydrogen (secondary N) is 2. The summed E-state index contributed by atoms with van der Waals surface area (Å²) >= 11 is 0. The summed E-state index contributed by atoms with van der Waals surface area (Å²) in [6, 6.07) is 0.715. The highest BCUT2D eigenvalue weighted by atomic mass is 15.2. The lowest BCUT2D eigenvalue weighted by molar-refractivity contribution is 0.300. The molecule has 1 unspecified atom stereocenters. The fourth-order valence-corrected chi connectivity index (χ4v) is 2.44. The third-order valence-electron chi connectivity index (χ3n) is 3.63. The van der Waals surface area contributed by atoms with Crippen LogP contribution in [0.15, 0.2) is 0 Å². The average molecular weight is 222 g/mol. The molecule has 2 heterocycles. The minimum atomic E-state index is 0.715. The van der Waals surface area contributed by atoms with E-state index in [1.807, 2.05) is 0 Å². The van der Waals surface area contributed by atoms with Gasteiger partial charge < -0.3 is 10.2 Å². The van der Waals surface area contributed by atoms with Crippen molar-refractivity contribution in [1.29, 1.82) is 0 Å². The third kappa shape index (κ3) is 2.44. The molecule has 1 aromatic rings. The van der Waals surface area contributed by atoms with Crippen molar-refractivity contribution in [3.05, 3.63) is 17.0 Å². The van der Waals surface area contributed by atoms with Crippen LogP contribution < -0.4 is 5.32 Å². The molecule has 0 saturated carbocycles. The molecule has 90 valence electrons. The highest BCUT2D eigenvalue weighted by Crippen LogP contribution is 2.14. The fraction of sp³-hybridized carbons (Fsp3) is 0.750. The highest BCUT2D eigenvalue weighted by Gasteiger charge is 2.20. The van der Waals surface area contributed by atoms with Crippen LogP contribution >= 0.6 is 0 Å². The Hall–Kier alpha value is -0.870. The molecular formula is C12H22N4. The second-order valence-electron chi connectivity index (χ2n) is 4.82. The number of aromatic amines is 1. The standard InChI is InChI=1S/C12H22N4/c1-9-12(10(2)15-14-9)8-13-7-11-5-4-6-16(11)3/h11,13H,4-8H2,1-3H3,(H,14,15). The molecule has 2 N–H and O–H groups in total. The van der Waals surface area contributed by atoms with Crippen LogP contribution in [0.2, 0.25) is 0 Å². The molecule has 1 atom stereocenters. The van der Waals surface area contributed by atoms with Gasteiger partial charge in [-0.15, -0.1) is 0 Å². The number of likely N-dealkylation sites (N-methyl/N-ethyl adjacent to an activating group) is 1. The van der Waals surface area contributed by atoms with Crippen LogP contribution in [0.1, 0.15) is 29.8 Å². The maximum Gasteiger partial charge on any atom is 0.0638 e. The number of likely N-dealkylation sites (tertiary alicyclic amines) is 1. The Morgan fingerprint density at radius 3 is 2.88 bits per heavy atom. The Balaban J connectivity index is 1.80. The van der Waals surface area contributed by atoms with Crippen LogP contribution in [0.5, 0.6) is 0 Å². The van der Waals surface area contributed by atoms with Gasteiger partial charge in [0.2, 0.25) is 0 Å². The molecule has 2 rings (SSSR count). The van der Waals surface area contributed by atoms with Gasteiger partial charge in [-0.25, -0.2) is 0 Å². The zero-order valence-electron chi connectivity index (χ0n) is 10.5. The molecule has 0 spiro atoms. The Morgan fingerprint density at radius 1 is 1.50 bits per heavy atom. The first-order valence-electron chi connectivity index (χ1n) is 6.10. The van der Waals surface area contributed by atoms with E-state index in [4.69, 9.17) is 0 Å². The van der Waals surface area contributed by atoms with Crippen LogP contribution in [0, 0.1) is 13.8 Å². The molecule has 1 aliphatic rings. The van der Waals surface area contributed by atoms with Crippen molar-refractivity contribution in [2.24, 2.45) is 0 Å². The normalized spacial score (nSPS) is 21.8. The number of rotatable bonds is 4. The highest BCUT2D eigenvalue weighted by molar-refractivity contribution is 5.22. The predicted molar refractivity (Wildman–Crippen MR) is 65.4 cm³/mol. The molecule has 4 nitrogen and oxygen atoms in total. The van der Waals surface area contributed by atoms with Gasteiger partial charge >= 0.3 is 0 Å². The van der Waals surface area contributed by atoms with Gasteiger partial charge in [-0.3, -0.25) is 5.10 Å². The van der Waals surface area contributed by atoms with Gasteiger partial charge in [0.1, 0.15) is 0 Å². The molecule has 0 aromatic carbocycles. The quantitative estimate of drug-likeness (QED) is 0.805. The van der Waals surface area contributed by atoms with Crippen LogP contribution in [0.4, 0.5) is 0 Å². The van der Waals surface area contributed by atoms with E-state index in [1.165, 1.54) is 30.6 Å². The summed E-state index contributed by atoms with van der Waals surface area (Å²) in [5.74, 6) is 0. The largest absolute Gasteiger partial charge is 0.311 e. The Bertz CT molecular complexity index is 325. The van der Waals surface area contributed by atoms with E-state index in [2.05, 4.69) is 41.3 Å². The van der Waals surface area contributed by atoms with Crippen molar-refractivity contribution in [2.75, 3.05) is 20.1 Å². The number of nitrogens with zero attached hydrogens (tertiary/aromatic N) is 2. The summed E-state index contributed by atoms with van der Waals surface area (Å²) < 4.78 is 0. The van der Waals surface area contributed by atoms with Crippen molar-refractivity contribution in [1.82, 2.24) is 20.4 Å². The first-order valence-corrected chi connectivity index (χ1v) is 6.10. The lowest BCUT2D eigenvalue weighted by Crippen LogP contribution is -2.35. The van der Waals surface area contributed by atoms with Gasteiger partial charge in [0.25, 0.3) is 0 Å². The lowest BCUT2D eigenvalue weighted by atomic mass is 10.2. The van der Waals surface area contributed by atoms with Gasteiger partial charge in [0.15, 0.2) is 0 Å². The smallest absolute Gasteiger partial charge is 0.0638 e. The first kappa shape index (κ1) is 11.6. The van der Waals surface area contributed by atoms with Crippen LogP contribution in [0.25, 0.3) is 0 Å². The third-order valence-corrected chi connectivity index (χ3v) is 3.63. The van der Waals surface area contributed by atoms with Gasteiger partial charge in [-0.1, -0.05) is 0 Å².